The predicted octanol–water partition coefficient (Wildman–Crippen LogP) is 4.56. The largest absolute Gasteiger partial charge is 0.478 e. The standard InChI is InChI=1S/C33H35F2N5O5S/c1-4-45-31(43)25(27(24-6-5-7-26(34)20(24)2)38-28(36-3)29-37-14-17-46-29)12-15-39-16-13-33(35)22(18-39)19-40(32(33)44)23-10-8-21(9-11-23)30(41)42/h5-12,14,17,22,27H,4,13,15-16,18-19H2,1-3H3,(H,36,38)(H,41,42)/b25-12-/t22?,27-,33?/m0/s1. The SMILES string of the molecule is CCOC(=O)/C(=C\CN1CCC2(F)C(=O)N(c3ccc(C(=O)O)cc3)CC2C1)[C@@H](/N=C(\NC)c1nccs1)c1cccc(F)c1C. The van der Waals surface area contributed by atoms with Gasteiger partial charge in [0.1, 0.15) is 11.9 Å². The topological polar surface area (TPSA) is 124 Å². The highest BCUT2D eigenvalue weighted by Gasteiger charge is 2.57. The van der Waals surface area contributed by atoms with Gasteiger partial charge in [-0.15, -0.1) is 11.3 Å². The van der Waals surface area contributed by atoms with E-state index in [0.29, 0.717) is 27.7 Å². The van der Waals surface area contributed by atoms with Gasteiger partial charge in [-0.1, -0.05) is 18.2 Å². The minimum Gasteiger partial charge on any atom is -0.478 e. The molecule has 5 rings (SSSR count). The fraction of sp³-hybridized carbons (Fsp3) is 0.364. The van der Waals surface area contributed by atoms with Crippen LogP contribution >= 0.6 is 11.3 Å². The summed E-state index contributed by atoms with van der Waals surface area (Å²) in [5.74, 6) is -3.01. The van der Waals surface area contributed by atoms with Gasteiger partial charge >= 0.3 is 11.9 Å². The zero-order valence-electron chi connectivity index (χ0n) is 25.7. The van der Waals surface area contributed by atoms with Gasteiger partial charge in [0.25, 0.3) is 5.91 Å². The van der Waals surface area contributed by atoms with Crippen LogP contribution in [0.2, 0.25) is 0 Å². The molecule has 3 atom stereocenters. The smallest absolute Gasteiger partial charge is 0.336 e. The number of piperidine rings is 1. The molecule has 46 heavy (non-hydrogen) atoms. The number of alkyl halides is 1. The third-order valence-corrected chi connectivity index (χ3v) is 9.24. The summed E-state index contributed by atoms with van der Waals surface area (Å²) >= 11 is 1.36. The summed E-state index contributed by atoms with van der Waals surface area (Å²) in [4.78, 5) is 50.5. The number of halogens is 2. The molecule has 0 bridgehead atoms. The van der Waals surface area contributed by atoms with Crippen LogP contribution in [0.3, 0.4) is 0 Å². The number of hydrogen-bond donors (Lipinski definition) is 2. The Labute approximate surface area is 269 Å². The van der Waals surface area contributed by atoms with E-state index in [2.05, 4.69) is 10.3 Å². The van der Waals surface area contributed by atoms with Crippen LogP contribution in [0.5, 0.6) is 0 Å². The highest BCUT2D eigenvalue weighted by Crippen LogP contribution is 2.42. The maximum atomic E-state index is 16.2. The Bertz CT molecular complexity index is 1660. The summed E-state index contributed by atoms with van der Waals surface area (Å²) in [5, 5.41) is 14.6. The molecule has 2 saturated heterocycles. The number of rotatable bonds is 10. The molecule has 3 heterocycles. The number of aromatic carboxylic acids is 1. The Kier molecular flexibility index (Phi) is 9.92. The van der Waals surface area contributed by atoms with Gasteiger partial charge in [0.15, 0.2) is 16.5 Å². The van der Waals surface area contributed by atoms with Crippen molar-refractivity contribution in [1.29, 1.82) is 0 Å². The number of amides is 1. The van der Waals surface area contributed by atoms with Crippen molar-refractivity contribution in [1.82, 2.24) is 15.2 Å². The molecule has 3 aromatic rings. The highest BCUT2D eigenvalue weighted by atomic mass is 32.1. The number of hydrogen-bond acceptors (Lipinski definition) is 8. The van der Waals surface area contributed by atoms with Crippen LogP contribution in [0.15, 0.2) is 70.7 Å². The maximum absolute atomic E-state index is 16.2. The molecule has 0 radical (unpaired) electrons. The maximum Gasteiger partial charge on any atom is 0.336 e. The Hall–Kier alpha value is -4.49. The van der Waals surface area contributed by atoms with Crippen LogP contribution in [0.25, 0.3) is 0 Å². The number of carboxylic acid groups (broad SMARTS) is 1. The van der Waals surface area contributed by atoms with Crippen molar-refractivity contribution in [2.75, 3.05) is 44.7 Å². The molecule has 2 aliphatic rings. The number of nitrogens with zero attached hydrogens (tertiary/aromatic N) is 4. The molecule has 13 heteroatoms. The summed E-state index contributed by atoms with van der Waals surface area (Å²) in [6, 6.07) is 9.48. The van der Waals surface area contributed by atoms with Crippen LogP contribution in [-0.2, 0) is 14.3 Å². The van der Waals surface area contributed by atoms with Crippen LogP contribution in [0.1, 0.15) is 45.9 Å². The number of aromatic nitrogens is 1. The molecule has 242 valence electrons. The normalized spacial score (nSPS) is 21.2. The second-order valence-electron chi connectivity index (χ2n) is 11.1. The Morgan fingerprint density at radius 1 is 1.26 bits per heavy atom. The molecule has 10 nitrogen and oxygen atoms in total. The van der Waals surface area contributed by atoms with Gasteiger partial charge in [-0.25, -0.2) is 23.4 Å². The number of carbonyl (C=O) groups excluding carboxylic acids is 2. The number of aliphatic imine (C=N–C) groups is 1. The number of likely N-dealkylation sites (tertiary alicyclic amines) is 1. The van der Waals surface area contributed by atoms with E-state index in [0.717, 1.165) is 0 Å². The predicted molar refractivity (Wildman–Crippen MR) is 170 cm³/mol. The lowest BCUT2D eigenvalue weighted by Crippen LogP contribution is -2.50. The number of carbonyl (C=O) groups is 3. The van der Waals surface area contributed by atoms with Gasteiger partial charge in [-0.05, 0) is 55.3 Å². The van der Waals surface area contributed by atoms with E-state index in [9.17, 15) is 23.9 Å². The van der Waals surface area contributed by atoms with Crippen LogP contribution in [0, 0.1) is 18.7 Å². The first-order chi connectivity index (χ1) is 22.1. The third-order valence-electron chi connectivity index (χ3n) is 8.46. The molecule has 1 aromatic heterocycles. The summed E-state index contributed by atoms with van der Waals surface area (Å²) in [6.07, 6.45) is 3.29. The minimum atomic E-state index is -2.06. The monoisotopic (exact) mass is 651 g/mol. The van der Waals surface area contributed by atoms with E-state index in [-0.39, 0.29) is 50.3 Å². The van der Waals surface area contributed by atoms with Crippen LogP contribution in [0.4, 0.5) is 14.5 Å². The number of amidine groups is 1. The quantitative estimate of drug-likeness (QED) is 0.142. The fourth-order valence-electron chi connectivity index (χ4n) is 5.93. The molecule has 0 aliphatic carbocycles. The summed E-state index contributed by atoms with van der Waals surface area (Å²) in [6.45, 7) is 4.29. The minimum absolute atomic E-state index is 0.0404. The first kappa shape index (κ1) is 32.9. The summed E-state index contributed by atoms with van der Waals surface area (Å²) < 4.78 is 36.4. The lowest BCUT2D eigenvalue weighted by molar-refractivity contribution is -0.138. The second-order valence-corrected chi connectivity index (χ2v) is 12.0. The average molecular weight is 652 g/mol. The zero-order chi connectivity index (χ0) is 33.0. The highest BCUT2D eigenvalue weighted by molar-refractivity contribution is 7.11. The van der Waals surface area contributed by atoms with E-state index in [1.165, 1.54) is 46.6 Å². The molecular formula is C33H35F2N5O5S. The van der Waals surface area contributed by atoms with Gasteiger partial charge in [-0.2, -0.15) is 0 Å². The number of nitrogens with one attached hydrogen (secondary N) is 1. The van der Waals surface area contributed by atoms with Crippen molar-refractivity contribution in [3.63, 3.8) is 0 Å². The molecule has 0 saturated carbocycles. The fourth-order valence-corrected chi connectivity index (χ4v) is 6.57. The van der Waals surface area contributed by atoms with Gasteiger partial charge in [-0.3, -0.25) is 14.7 Å². The van der Waals surface area contributed by atoms with E-state index < -0.39 is 41.3 Å². The van der Waals surface area contributed by atoms with Crippen molar-refractivity contribution in [3.05, 3.63) is 93.2 Å². The Morgan fingerprint density at radius 2 is 2.02 bits per heavy atom. The lowest BCUT2D eigenvalue weighted by Gasteiger charge is -2.36. The van der Waals surface area contributed by atoms with Crippen LogP contribution < -0.4 is 10.2 Å². The van der Waals surface area contributed by atoms with Crippen molar-refractivity contribution < 1.29 is 33.0 Å². The van der Waals surface area contributed by atoms with Gasteiger partial charge < -0.3 is 20.1 Å². The lowest BCUT2D eigenvalue weighted by atomic mass is 9.85. The number of ether oxygens (including phenoxy) is 1. The molecule has 2 unspecified atom stereocenters. The van der Waals surface area contributed by atoms with E-state index in [1.807, 2.05) is 4.90 Å². The van der Waals surface area contributed by atoms with Gasteiger partial charge in [0.2, 0.25) is 0 Å². The van der Waals surface area contributed by atoms with E-state index >= 15 is 4.39 Å². The van der Waals surface area contributed by atoms with Crippen molar-refractivity contribution in [2.24, 2.45) is 10.9 Å². The Balaban J connectivity index is 1.44. The summed E-state index contributed by atoms with van der Waals surface area (Å²) in [5.41, 5.74) is -0.541. The number of carboxylic acids is 1. The van der Waals surface area contributed by atoms with Crippen molar-refractivity contribution in [2.45, 2.75) is 32.0 Å². The van der Waals surface area contributed by atoms with Crippen molar-refractivity contribution in [3.8, 4) is 0 Å². The Morgan fingerprint density at radius 3 is 2.67 bits per heavy atom. The van der Waals surface area contributed by atoms with Crippen LogP contribution in [-0.4, -0.2) is 84.2 Å². The number of esters is 1. The molecule has 1 amide bonds. The molecule has 2 fully saturated rings. The molecule has 2 N–H and O–H groups in total. The van der Waals surface area contributed by atoms with E-state index in [4.69, 9.17) is 9.73 Å². The van der Waals surface area contributed by atoms with E-state index in [1.54, 1.807) is 50.7 Å². The first-order valence-electron chi connectivity index (χ1n) is 14.9. The number of fused-ring (bicyclic) bond motifs is 1. The molecule has 2 aliphatic heterocycles. The van der Waals surface area contributed by atoms with Crippen molar-refractivity contribution >= 4 is 40.7 Å². The molecule has 2 aromatic carbocycles. The van der Waals surface area contributed by atoms with Gasteiger partial charge in [0, 0.05) is 62.8 Å². The number of thiazole rings is 1. The third kappa shape index (κ3) is 6.56. The second kappa shape index (κ2) is 13.9. The number of benzene rings is 2. The molecular weight excluding hydrogens is 616 g/mol. The van der Waals surface area contributed by atoms with Gasteiger partial charge in [0.05, 0.1) is 17.7 Å². The average Bonchev–Trinajstić information content (AvgIpc) is 3.67. The zero-order valence-corrected chi connectivity index (χ0v) is 26.5. The first-order valence-corrected chi connectivity index (χ1v) is 15.8. The number of anilines is 1. The summed E-state index contributed by atoms with van der Waals surface area (Å²) in [7, 11) is 1.69. The molecule has 0 spiro atoms.